The molecule has 0 bridgehead atoms. The molecular formula is C26H25N2O7S+. The normalized spacial score (nSPS) is 14.8. The molecule has 1 aromatic heterocycles. The van der Waals surface area contributed by atoms with Crippen LogP contribution in [0, 0.1) is 23.7 Å². The van der Waals surface area contributed by atoms with Crippen LogP contribution in [0.5, 0.6) is 0 Å². The Kier molecular flexibility index (Phi) is 8.28. The Morgan fingerprint density at radius 3 is 2.44 bits per heavy atom. The number of allylic oxidation sites excluding steroid dienone is 1. The fourth-order valence-corrected chi connectivity index (χ4v) is 4.24. The molecule has 0 fully saturated rings. The molecule has 3 N–H and O–H groups in total. The number of sulfone groups is 1. The van der Waals surface area contributed by atoms with Crippen LogP contribution in [0.3, 0.4) is 0 Å². The standard InChI is InChI=1S/C26H24N2O7S/c1-26(25(31)27-32,36(2,33)34)14-16-28-15-13-21(17-24(28)30)20-9-7-19(8-10-20)5-3-4-6-22-11-12-23(18-29)35-22/h7-13,15,29H,14,16-18H2,1-2H3,(H-,27,31,32)/p+1. The topological polar surface area (TPSA) is 137 Å². The van der Waals surface area contributed by atoms with Crippen LogP contribution < -0.4 is 5.48 Å². The van der Waals surface area contributed by atoms with E-state index in [0.717, 1.165) is 23.0 Å². The molecule has 10 heteroatoms. The van der Waals surface area contributed by atoms with Crippen LogP contribution in [-0.2, 0) is 26.0 Å². The third kappa shape index (κ3) is 6.18. The van der Waals surface area contributed by atoms with Crippen molar-refractivity contribution in [2.24, 2.45) is 0 Å². The lowest BCUT2D eigenvalue weighted by Gasteiger charge is -2.24. The molecule has 2 heterocycles. The first-order valence-electron chi connectivity index (χ1n) is 10.9. The predicted octanol–water partition coefficient (Wildman–Crippen LogP) is 1.27. The van der Waals surface area contributed by atoms with E-state index >= 15 is 0 Å². The quantitative estimate of drug-likeness (QED) is 0.221. The number of aliphatic hydroxyl groups is 1. The molecule has 2 amide bonds. The first-order valence-corrected chi connectivity index (χ1v) is 12.8. The lowest BCUT2D eigenvalue weighted by Crippen LogP contribution is -2.50. The number of hydroxylamine groups is 1. The third-order valence-electron chi connectivity index (χ3n) is 5.88. The van der Waals surface area contributed by atoms with Crippen LogP contribution in [0.4, 0.5) is 0 Å². The van der Waals surface area contributed by atoms with Crippen molar-refractivity contribution in [1.82, 2.24) is 5.48 Å². The number of hydrogen-bond acceptors (Lipinski definition) is 7. The highest BCUT2D eigenvalue weighted by molar-refractivity contribution is 7.92. The number of hydrogen-bond donors (Lipinski definition) is 3. The summed E-state index contributed by atoms with van der Waals surface area (Å²) in [5, 5.41) is 17.9. The highest BCUT2D eigenvalue weighted by Crippen LogP contribution is 2.24. The maximum Gasteiger partial charge on any atom is 0.391 e. The second-order valence-corrected chi connectivity index (χ2v) is 10.7. The average molecular weight is 510 g/mol. The van der Waals surface area contributed by atoms with Crippen molar-refractivity contribution in [1.29, 1.82) is 0 Å². The zero-order chi connectivity index (χ0) is 26.3. The molecule has 3 rings (SSSR count). The van der Waals surface area contributed by atoms with E-state index < -0.39 is 20.5 Å². The summed E-state index contributed by atoms with van der Waals surface area (Å²) >= 11 is 0. The van der Waals surface area contributed by atoms with Gasteiger partial charge in [0.15, 0.2) is 33.1 Å². The molecular weight excluding hydrogens is 484 g/mol. The Hall–Kier alpha value is -3.96. The summed E-state index contributed by atoms with van der Waals surface area (Å²) in [5.41, 5.74) is 3.75. The molecule has 0 saturated heterocycles. The molecule has 1 aromatic carbocycles. The van der Waals surface area contributed by atoms with Gasteiger partial charge in [-0.05, 0) is 60.1 Å². The van der Waals surface area contributed by atoms with Gasteiger partial charge in [0.05, 0.1) is 0 Å². The van der Waals surface area contributed by atoms with E-state index in [2.05, 4.69) is 23.7 Å². The monoisotopic (exact) mass is 509 g/mol. The van der Waals surface area contributed by atoms with Crippen LogP contribution in [0.15, 0.2) is 46.9 Å². The van der Waals surface area contributed by atoms with E-state index in [1.54, 1.807) is 24.4 Å². The van der Waals surface area contributed by atoms with Gasteiger partial charge in [0.2, 0.25) is 0 Å². The Labute approximate surface area is 209 Å². The Balaban J connectivity index is 1.68. The van der Waals surface area contributed by atoms with Crippen molar-refractivity contribution in [2.75, 3.05) is 12.8 Å². The molecule has 1 aliphatic heterocycles. The van der Waals surface area contributed by atoms with Crippen molar-refractivity contribution in [3.05, 3.63) is 65.1 Å². The summed E-state index contributed by atoms with van der Waals surface area (Å²) in [7, 11) is -3.85. The summed E-state index contributed by atoms with van der Waals surface area (Å²) in [4.78, 5) is 24.6. The van der Waals surface area contributed by atoms with Gasteiger partial charge < -0.3 is 9.52 Å². The maximum absolute atomic E-state index is 12.7. The predicted molar refractivity (Wildman–Crippen MR) is 131 cm³/mol. The summed E-state index contributed by atoms with van der Waals surface area (Å²) in [6.07, 6.45) is 4.16. The second-order valence-electron chi connectivity index (χ2n) is 8.30. The van der Waals surface area contributed by atoms with Gasteiger partial charge in [-0.3, -0.25) is 10.0 Å². The zero-order valence-corrected chi connectivity index (χ0v) is 20.6. The number of benzene rings is 1. The van der Waals surface area contributed by atoms with E-state index in [1.807, 2.05) is 24.3 Å². The largest absolute Gasteiger partial charge is 0.450 e. The van der Waals surface area contributed by atoms with Gasteiger partial charge in [-0.25, -0.2) is 18.7 Å². The van der Waals surface area contributed by atoms with E-state index in [9.17, 15) is 18.0 Å². The van der Waals surface area contributed by atoms with Gasteiger partial charge in [-0.2, -0.15) is 4.58 Å². The minimum absolute atomic E-state index is 0.00547. The van der Waals surface area contributed by atoms with Crippen LogP contribution in [0.1, 0.15) is 42.4 Å². The fraction of sp³-hybridized carbons (Fsp3) is 0.269. The number of furan rings is 1. The van der Waals surface area contributed by atoms with Crippen LogP contribution >= 0.6 is 0 Å². The van der Waals surface area contributed by atoms with Gasteiger partial charge in [-0.15, -0.1) is 0 Å². The molecule has 0 radical (unpaired) electrons. The number of rotatable bonds is 7. The Morgan fingerprint density at radius 1 is 1.17 bits per heavy atom. The van der Waals surface area contributed by atoms with Crippen LogP contribution in [0.2, 0.25) is 0 Å². The van der Waals surface area contributed by atoms with Crippen LogP contribution in [-0.4, -0.2) is 58.9 Å². The summed E-state index contributed by atoms with van der Waals surface area (Å²) in [6, 6.07) is 10.6. The van der Waals surface area contributed by atoms with Gasteiger partial charge >= 0.3 is 5.91 Å². The molecule has 186 valence electrons. The van der Waals surface area contributed by atoms with Crippen molar-refractivity contribution >= 4 is 33.4 Å². The van der Waals surface area contributed by atoms with E-state index in [4.69, 9.17) is 14.7 Å². The first kappa shape index (κ1) is 26.6. The zero-order valence-electron chi connectivity index (χ0n) is 19.7. The molecule has 1 atom stereocenters. The van der Waals surface area contributed by atoms with Crippen LogP contribution in [0.25, 0.3) is 5.57 Å². The first-order chi connectivity index (χ1) is 17.1. The second kappa shape index (κ2) is 11.2. The number of carbonyl (C=O) groups is 2. The molecule has 0 aliphatic carbocycles. The molecule has 0 saturated carbocycles. The Bertz CT molecular complexity index is 1460. The molecule has 0 spiro atoms. The number of aliphatic hydroxyl groups excluding tert-OH is 1. The SMILES string of the molecule is CC(CC[N+]1=CC=C(c2ccc(C#CC#Cc3ccc(CO)o3)cc2)CC1=O)(C(=O)NO)S(C)(=O)=O. The number of nitrogens with one attached hydrogen (secondary N) is 1. The lowest BCUT2D eigenvalue weighted by molar-refractivity contribution is -0.445. The minimum Gasteiger partial charge on any atom is -0.450 e. The van der Waals surface area contributed by atoms with Gasteiger partial charge in [0.25, 0.3) is 5.91 Å². The molecule has 1 aliphatic rings. The number of amides is 2. The minimum atomic E-state index is -3.85. The molecule has 2 aromatic rings. The smallest absolute Gasteiger partial charge is 0.391 e. The van der Waals surface area contributed by atoms with Gasteiger partial charge in [0.1, 0.15) is 18.8 Å². The molecule has 36 heavy (non-hydrogen) atoms. The number of nitrogens with zero attached hydrogens (tertiary/aromatic N) is 1. The highest BCUT2D eigenvalue weighted by atomic mass is 32.2. The summed E-state index contributed by atoms with van der Waals surface area (Å²) < 4.78 is 29.0. The third-order valence-corrected chi connectivity index (χ3v) is 7.90. The molecule has 9 nitrogen and oxygen atoms in total. The van der Waals surface area contributed by atoms with Crippen molar-refractivity contribution in [3.63, 3.8) is 0 Å². The van der Waals surface area contributed by atoms with E-state index in [-0.39, 0.29) is 31.9 Å². The summed E-state index contributed by atoms with van der Waals surface area (Å²) in [5.74, 6) is 10.7. The Morgan fingerprint density at radius 2 is 1.86 bits per heavy atom. The van der Waals surface area contributed by atoms with E-state index in [0.29, 0.717) is 11.5 Å². The highest BCUT2D eigenvalue weighted by Gasteiger charge is 2.45. The average Bonchev–Trinajstić information content (AvgIpc) is 3.33. The maximum atomic E-state index is 12.7. The molecule has 1 unspecified atom stereocenters. The summed E-state index contributed by atoms with van der Waals surface area (Å²) in [6.45, 7) is 1.02. The lowest BCUT2D eigenvalue weighted by atomic mass is 9.98. The van der Waals surface area contributed by atoms with Crippen molar-refractivity contribution < 1.29 is 37.3 Å². The fourth-order valence-electron chi connectivity index (χ4n) is 3.40. The van der Waals surface area contributed by atoms with Crippen molar-refractivity contribution in [3.8, 4) is 23.7 Å². The number of carbonyl (C=O) groups excluding carboxylic acids is 2. The van der Waals surface area contributed by atoms with Gasteiger partial charge in [0, 0.05) is 24.3 Å². The van der Waals surface area contributed by atoms with Gasteiger partial charge in [-0.1, -0.05) is 18.1 Å². The van der Waals surface area contributed by atoms with E-state index in [1.165, 1.54) is 17.0 Å². The van der Waals surface area contributed by atoms with Crippen molar-refractivity contribution in [2.45, 2.75) is 31.1 Å².